The van der Waals surface area contributed by atoms with Gasteiger partial charge in [-0.15, -0.1) is 0 Å². The highest BCUT2D eigenvalue weighted by Crippen LogP contribution is 2.24. The largest absolute Gasteiger partial charge is 0.391 e. The molecular formula is C12H16N2O6. The van der Waals surface area contributed by atoms with Gasteiger partial charge in [0.15, 0.2) is 5.72 Å². The molecule has 0 radical (unpaired) electrons. The summed E-state index contributed by atoms with van der Waals surface area (Å²) in [5.41, 5.74) is -1.82. The van der Waals surface area contributed by atoms with E-state index in [2.05, 4.69) is 10.3 Å². The van der Waals surface area contributed by atoms with Crippen LogP contribution in [0.25, 0.3) is 0 Å². The first kappa shape index (κ1) is 14.8. The van der Waals surface area contributed by atoms with Gasteiger partial charge < -0.3 is 30.5 Å². The fourth-order valence-corrected chi connectivity index (χ4v) is 1.95. The Morgan fingerprint density at radius 1 is 1.45 bits per heavy atom. The molecular weight excluding hydrogens is 268 g/mol. The summed E-state index contributed by atoms with van der Waals surface area (Å²) in [6, 6.07) is 4.68. The van der Waals surface area contributed by atoms with Crippen molar-refractivity contribution in [2.24, 2.45) is 0 Å². The van der Waals surface area contributed by atoms with Crippen LogP contribution < -0.4 is 5.32 Å². The predicted molar refractivity (Wildman–Crippen MR) is 65.5 cm³/mol. The summed E-state index contributed by atoms with van der Waals surface area (Å²) < 4.78 is 5.13. The van der Waals surface area contributed by atoms with Crippen molar-refractivity contribution in [1.29, 1.82) is 0 Å². The van der Waals surface area contributed by atoms with Gasteiger partial charge >= 0.3 is 0 Å². The number of rotatable bonds is 3. The van der Waals surface area contributed by atoms with E-state index in [9.17, 15) is 25.2 Å². The van der Waals surface area contributed by atoms with Crippen LogP contribution in [0.3, 0.4) is 0 Å². The molecule has 5 N–H and O–H groups in total. The number of carbonyl (C=O) groups is 1. The van der Waals surface area contributed by atoms with Crippen LogP contribution in [0, 0.1) is 0 Å². The summed E-state index contributed by atoms with van der Waals surface area (Å²) in [7, 11) is 0. The minimum atomic E-state index is -1.88. The molecule has 0 aromatic carbocycles. The van der Waals surface area contributed by atoms with E-state index in [-0.39, 0.29) is 12.3 Å². The maximum Gasteiger partial charge on any atom is 0.272 e. The van der Waals surface area contributed by atoms with Crippen molar-refractivity contribution in [2.45, 2.75) is 24.0 Å². The maximum absolute atomic E-state index is 12.0. The average Bonchev–Trinajstić information content (AvgIpc) is 2.49. The van der Waals surface area contributed by atoms with Crippen molar-refractivity contribution >= 4 is 5.91 Å². The molecule has 8 nitrogen and oxygen atoms in total. The Bertz CT molecular complexity index is 470. The molecule has 0 bridgehead atoms. The second-order valence-electron chi connectivity index (χ2n) is 4.53. The van der Waals surface area contributed by atoms with Crippen LogP contribution >= 0.6 is 0 Å². The molecule has 1 aromatic heterocycles. The number of amides is 1. The quantitative estimate of drug-likeness (QED) is 0.418. The summed E-state index contributed by atoms with van der Waals surface area (Å²) in [6.07, 6.45) is -3.10. The third-order valence-corrected chi connectivity index (χ3v) is 3.16. The first-order valence-electron chi connectivity index (χ1n) is 6.03. The lowest BCUT2D eigenvalue weighted by atomic mass is 9.94. The van der Waals surface area contributed by atoms with Gasteiger partial charge in [0.25, 0.3) is 5.91 Å². The summed E-state index contributed by atoms with van der Waals surface area (Å²) in [4.78, 5) is 15.8. The zero-order chi connectivity index (χ0) is 14.8. The van der Waals surface area contributed by atoms with E-state index in [0.717, 1.165) is 0 Å². The Morgan fingerprint density at radius 3 is 2.80 bits per heavy atom. The first-order valence-corrected chi connectivity index (χ1v) is 6.03. The molecule has 1 amide bonds. The third-order valence-electron chi connectivity index (χ3n) is 3.16. The molecule has 8 heteroatoms. The van der Waals surface area contributed by atoms with Crippen molar-refractivity contribution in [3.63, 3.8) is 0 Å². The van der Waals surface area contributed by atoms with E-state index in [1.165, 1.54) is 12.3 Å². The number of aromatic nitrogens is 1. The lowest BCUT2D eigenvalue weighted by molar-refractivity contribution is -0.254. The number of hydrogen-bond donors (Lipinski definition) is 5. The van der Waals surface area contributed by atoms with Gasteiger partial charge in [0.05, 0.1) is 13.2 Å². The van der Waals surface area contributed by atoms with Crippen LogP contribution in [0.5, 0.6) is 0 Å². The van der Waals surface area contributed by atoms with Crippen LogP contribution in [0.4, 0.5) is 0 Å². The number of pyridine rings is 1. The van der Waals surface area contributed by atoms with Gasteiger partial charge in [0.2, 0.25) is 0 Å². The lowest BCUT2D eigenvalue weighted by Crippen LogP contribution is -2.70. The molecule has 1 saturated heterocycles. The molecule has 110 valence electrons. The van der Waals surface area contributed by atoms with Gasteiger partial charge in [-0.25, -0.2) is 0 Å². The minimum Gasteiger partial charge on any atom is -0.391 e. The van der Waals surface area contributed by atoms with E-state index >= 15 is 0 Å². The normalized spacial score (nSPS) is 33.7. The van der Waals surface area contributed by atoms with Crippen LogP contribution in [-0.2, 0) is 4.74 Å². The van der Waals surface area contributed by atoms with Crippen LogP contribution in [0.15, 0.2) is 24.4 Å². The van der Waals surface area contributed by atoms with E-state index in [4.69, 9.17) is 4.74 Å². The Morgan fingerprint density at radius 2 is 2.20 bits per heavy atom. The minimum absolute atomic E-state index is 0.0664. The number of nitrogens with zero attached hydrogens (tertiary/aromatic N) is 1. The van der Waals surface area contributed by atoms with Crippen molar-refractivity contribution in [3.05, 3.63) is 30.1 Å². The fraction of sp³-hybridized carbons (Fsp3) is 0.500. The highest BCUT2D eigenvalue weighted by molar-refractivity contribution is 5.92. The summed E-state index contributed by atoms with van der Waals surface area (Å²) >= 11 is 0. The first-order chi connectivity index (χ1) is 9.50. The Labute approximate surface area is 114 Å². The number of hydrogen-bond acceptors (Lipinski definition) is 7. The smallest absolute Gasteiger partial charge is 0.272 e. The van der Waals surface area contributed by atoms with Crippen molar-refractivity contribution < 1.29 is 30.0 Å². The van der Waals surface area contributed by atoms with Gasteiger partial charge in [-0.3, -0.25) is 9.78 Å². The molecule has 1 aliphatic rings. The van der Waals surface area contributed by atoms with Crippen molar-refractivity contribution in [2.75, 3.05) is 13.2 Å². The van der Waals surface area contributed by atoms with Crippen LogP contribution in [0.1, 0.15) is 10.5 Å². The lowest BCUT2D eigenvalue weighted by Gasteiger charge is -2.44. The Kier molecular flexibility index (Phi) is 4.31. The van der Waals surface area contributed by atoms with Gasteiger partial charge in [-0.2, -0.15) is 0 Å². The van der Waals surface area contributed by atoms with Gasteiger partial charge in [0, 0.05) is 6.20 Å². The monoisotopic (exact) mass is 284 g/mol. The maximum atomic E-state index is 12.0. The SMILES string of the molecule is O=C(N[C@@]1(CO)OC[C@H](O)[C@@H](O)[C@@H]1O)c1ccccn1. The second-order valence-corrected chi connectivity index (χ2v) is 4.53. The summed E-state index contributed by atoms with van der Waals surface area (Å²) in [6.45, 7) is -1.10. The zero-order valence-corrected chi connectivity index (χ0v) is 10.5. The summed E-state index contributed by atoms with van der Waals surface area (Å²) in [5.74, 6) is -0.678. The topological polar surface area (TPSA) is 132 Å². The number of carbonyl (C=O) groups excluding carboxylic acids is 1. The molecule has 4 atom stereocenters. The van der Waals surface area contributed by atoms with E-state index in [1.807, 2.05) is 0 Å². The Balaban J connectivity index is 2.18. The molecule has 0 aliphatic carbocycles. The number of ether oxygens (including phenoxy) is 1. The van der Waals surface area contributed by atoms with Crippen LogP contribution in [-0.4, -0.2) is 68.6 Å². The van der Waals surface area contributed by atoms with E-state index in [1.54, 1.807) is 12.1 Å². The van der Waals surface area contributed by atoms with Crippen molar-refractivity contribution in [1.82, 2.24) is 10.3 Å². The van der Waals surface area contributed by atoms with Crippen LogP contribution in [0.2, 0.25) is 0 Å². The number of aliphatic hydroxyl groups excluding tert-OH is 4. The molecule has 0 unspecified atom stereocenters. The third kappa shape index (κ3) is 2.65. The molecule has 20 heavy (non-hydrogen) atoms. The van der Waals surface area contributed by atoms with E-state index in [0.29, 0.717) is 0 Å². The predicted octanol–water partition coefficient (Wildman–Crippen LogP) is -2.39. The van der Waals surface area contributed by atoms with Gasteiger partial charge in [0.1, 0.15) is 24.0 Å². The standard InChI is InChI=1S/C12H16N2O6/c15-6-12(10(18)9(17)8(16)5-20-12)14-11(19)7-3-1-2-4-13-7/h1-4,8-10,15-18H,5-6H2,(H,14,19)/t8-,9+,10-,12-/m0/s1. The second kappa shape index (κ2) is 5.81. The number of nitrogens with one attached hydrogen (secondary N) is 1. The highest BCUT2D eigenvalue weighted by Gasteiger charge is 2.50. The highest BCUT2D eigenvalue weighted by atomic mass is 16.6. The summed E-state index contributed by atoms with van der Waals surface area (Å²) in [5, 5.41) is 40.7. The Hall–Kier alpha value is -1.58. The van der Waals surface area contributed by atoms with E-state index < -0.39 is 36.6 Å². The van der Waals surface area contributed by atoms with Gasteiger partial charge in [-0.1, -0.05) is 6.07 Å². The molecule has 2 heterocycles. The molecule has 1 aliphatic heterocycles. The van der Waals surface area contributed by atoms with Crippen molar-refractivity contribution in [3.8, 4) is 0 Å². The molecule has 0 spiro atoms. The number of aliphatic hydroxyl groups is 4. The average molecular weight is 284 g/mol. The van der Waals surface area contributed by atoms with Gasteiger partial charge in [-0.05, 0) is 12.1 Å². The molecule has 1 fully saturated rings. The molecule has 1 aromatic rings. The molecule has 2 rings (SSSR count). The zero-order valence-electron chi connectivity index (χ0n) is 10.5. The molecule has 0 saturated carbocycles. The fourth-order valence-electron chi connectivity index (χ4n) is 1.95.